The van der Waals surface area contributed by atoms with E-state index in [1.165, 1.54) is 0 Å². The maximum absolute atomic E-state index is 12.5. The molecule has 1 aromatic rings. The maximum atomic E-state index is 12.5. The van der Waals surface area contributed by atoms with Crippen molar-refractivity contribution in [1.29, 1.82) is 0 Å². The molecule has 1 fully saturated rings. The van der Waals surface area contributed by atoms with Gasteiger partial charge in [0.25, 0.3) is 0 Å². The molecule has 0 amide bonds. The van der Waals surface area contributed by atoms with E-state index >= 15 is 0 Å². The Morgan fingerprint density at radius 3 is 2.22 bits per heavy atom. The summed E-state index contributed by atoms with van der Waals surface area (Å²) in [7, 11) is 3.51. The van der Waals surface area contributed by atoms with Gasteiger partial charge in [0.1, 0.15) is 5.75 Å². The molecule has 0 bridgehead atoms. The molecule has 18 heavy (non-hydrogen) atoms. The summed E-state index contributed by atoms with van der Waals surface area (Å²) in [6, 6.07) is 7.37. The van der Waals surface area contributed by atoms with Crippen LogP contribution in [0.1, 0.15) is 36.0 Å². The maximum Gasteiger partial charge on any atom is 0.182 e. The van der Waals surface area contributed by atoms with Crippen molar-refractivity contribution in [3.8, 4) is 5.75 Å². The summed E-state index contributed by atoms with van der Waals surface area (Å²) in [5.41, 5.74) is 0.427. The van der Waals surface area contributed by atoms with E-state index in [0.29, 0.717) is 0 Å². The Bertz CT molecular complexity index is 397. The standard InChI is InChI=1S/C14H19NO2.ClH/c1-15-14(9-3-4-10-14)13(16)11-5-7-12(17-2)8-6-11;/h5-8,15H,3-4,9-10H2,1-2H3;1H. The van der Waals surface area contributed by atoms with Gasteiger partial charge in [-0.05, 0) is 44.2 Å². The Hall–Kier alpha value is -1.06. The minimum Gasteiger partial charge on any atom is -0.497 e. The fourth-order valence-corrected chi connectivity index (χ4v) is 2.59. The predicted molar refractivity (Wildman–Crippen MR) is 74.8 cm³/mol. The van der Waals surface area contributed by atoms with E-state index in [9.17, 15) is 4.79 Å². The number of Topliss-reactive ketones (excluding diaryl/α,β-unsaturated/α-hetero) is 1. The molecule has 1 aliphatic carbocycles. The van der Waals surface area contributed by atoms with Gasteiger partial charge in [0.05, 0.1) is 12.6 Å². The first-order valence-corrected chi connectivity index (χ1v) is 6.09. The molecule has 2 rings (SSSR count). The molecule has 4 heteroatoms. The molecule has 0 aliphatic heterocycles. The highest BCUT2D eigenvalue weighted by Crippen LogP contribution is 2.32. The molecule has 0 radical (unpaired) electrons. The van der Waals surface area contributed by atoms with Crippen LogP contribution < -0.4 is 10.1 Å². The Labute approximate surface area is 114 Å². The summed E-state index contributed by atoms with van der Waals surface area (Å²) in [6.45, 7) is 0. The van der Waals surface area contributed by atoms with Crippen molar-refractivity contribution in [2.45, 2.75) is 31.2 Å². The van der Waals surface area contributed by atoms with E-state index in [1.807, 2.05) is 31.3 Å². The number of carbonyl (C=O) groups is 1. The lowest BCUT2D eigenvalue weighted by Gasteiger charge is -2.26. The number of benzene rings is 1. The topological polar surface area (TPSA) is 38.3 Å². The molecule has 1 aromatic carbocycles. The van der Waals surface area contributed by atoms with Gasteiger partial charge in [-0.1, -0.05) is 12.8 Å². The van der Waals surface area contributed by atoms with E-state index in [0.717, 1.165) is 37.0 Å². The molecule has 1 aliphatic rings. The minimum atomic E-state index is -0.339. The number of hydrogen-bond donors (Lipinski definition) is 1. The first-order valence-electron chi connectivity index (χ1n) is 6.09. The van der Waals surface area contributed by atoms with Gasteiger partial charge in [0, 0.05) is 5.56 Å². The van der Waals surface area contributed by atoms with E-state index in [-0.39, 0.29) is 23.7 Å². The third kappa shape index (κ3) is 2.68. The van der Waals surface area contributed by atoms with Crippen LogP contribution >= 0.6 is 12.4 Å². The predicted octanol–water partition coefficient (Wildman–Crippen LogP) is 2.83. The second-order valence-corrected chi connectivity index (χ2v) is 4.60. The summed E-state index contributed by atoms with van der Waals surface area (Å²) in [4.78, 5) is 12.5. The van der Waals surface area contributed by atoms with Gasteiger partial charge >= 0.3 is 0 Å². The lowest BCUT2D eigenvalue weighted by atomic mass is 9.88. The number of carbonyl (C=O) groups excluding carboxylic acids is 1. The van der Waals surface area contributed by atoms with Crippen LogP contribution in [0.3, 0.4) is 0 Å². The Morgan fingerprint density at radius 1 is 1.22 bits per heavy atom. The van der Waals surface area contributed by atoms with Crippen molar-refractivity contribution in [2.75, 3.05) is 14.2 Å². The molecule has 1 N–H and O–H groups in total. The Morgan fingerprint density at radius 2 is 1.78 bits per heavy atom. The zero-order valence-electron chi connectivity index (χ0n) is 10.9. The van der Waals surface area contributed by atoms with E-state index in [2.05, 4.69) is 5.32 Å². The highest BCUT2D eigenvalue weighted by atomic mass is 35.5. The number of rotatable bonds is 4. The smallest absolute Gasteiger partial charge is 0.182 e. The number of methoxy groups -OCH3 is 1. The van der Waals surface area contributed by atoms with Gasteiger partial charge < -0.3 is 10.1 Å². The monoisotopic (exact) mass is 269 g/mol. The lowest BCUT2D eigenvalue weighted by molar-refractivity contribution is 0.0862. The largest absolute Gasteiger partial charge is 0.497 e. The third-order valence-electron chi connectivity index (χ3n) is 3.72. The lowest BCUT2D eigenvalue weighted by Crippen LogP contribution is -2.47. The van der Waals surface area contributed by atoms with Crippen molar-refractivity contribution in [3.63, 3.8) is 0 Å². The van der Waals surface area contributed by atoms with Crippen LogP contribution in [-0.4, -0.2) is 25.5 Å². The Balaban J connectivity index is 0.00000162. The molecule has 0 aromatic heterocycles. The number of ketones is 1. The molecule has 0 unspecified atom stereocenters. The van der Waals surface area contributed by atoms with Gasteiger partial charge in [0.2, 0.25) is 0 Å². The molecule has 1 saturated carbocycles. The third-order valence-corrected chi connectivity index (χ3v) is 3.72. The van der Waals surface area contributed by atoms with E-state index < -0.39 is 0 Å². The number of ether oxygens (including phenoxy) is 1. The van der Waals surface area contributed by atoms with Gasteiger partial charge in [0.15, 0.2) is 5.78 Å². The van der Waals surface area contributed by atoms with E-state index in [4.69, 9.17) is 4.74 Å². The second kappa shape index (κ2) is 6.21. The van der Waals surface area contributed by atoms with Gasteiger partial charge in [-0.2, -0.15) is 0 Å². The number of likely N-dealkylation sites (N-methyl/N-ethyl adjacent to an activating group) is 1. The number of hydrogen-bond acceptors (Lipinski definition) is 3. The van der Waals surface area contributed by atoms with Gasteiger partial charge in [-0.15, -0.1) is 12.4 Å². The SMILES string of the molecule is CNC1(C(=O)c2ccc(OC)cc2)CCCC1.Cl. The summed E-state index contributed by atoms with van der Waals surface area (Å²) < 4.78 is 5.10. The average molecular weight is 270 g/mol. The summed E-state index contributed by atoms with van der Waals surface area (Å²) >= 11 is 0. The van der Waals surface area contributed by atoms with Crippen molar-refractivity contribution in [2.24, 2.45) is 0 Å². The summed E-state index contributed by atoms with van der Waals surface area (Å²) in [5, 5.41) is 3.22. The normalized spacial score (nSPS) is 17.0. The quantitative estimate of drug-likeness (QED) is 0.855. The molecule has 100 valence electrons. The summed E-state index contributed by atoms with van der Waals surface area (Å²) in [5.74, 6) is 0.992. The van der Waals surface area contributed by atoms with Crippen LogP contribution in [0.4, 0.5) is 0 Å². The summed E-state index contributed by atoms with van der Waals surface area (Å²) in [6.07, 6.45) is 4.13. The average Bonchev–Trinajstić information content (AvgIpc) is 2.88. The van der Waals surface area contributed by atoms with Crippen LogP contribution in [0.25, 0.3) is 0 Å². The van der Waals surface area contributed by atoms with Crippen molar-refractivity contribution < 1.29 is 9.53 Å². The Kier molecular flexibility index (Phi) is 5.17. The van der Waals surface area contributed by atoms with Crippen LogP contribution in [0, 0.1) is 0 Å². The highest BCUT2D eigenvalue weighted by Gasteiger charge is 2.39. The van der Waals surface area contributed by atoms with Gasteiger partial charge in [-0.3, -0.25) is 4.79 Å². The first-order chi connectivity index (χ1) is 8.22. The zero-order chi connectivity index (χ0) is 12.3. The molecule has 3 nitrogen and oxygen atoms in total. The molecule has 0 saturated heterocycles. The molecule has 0 heterocycles. The van der Waals surface area contributed by atoms with Crippen molar-refractivity contribution in [1.82, 2.24) is 5.32 Å². The number of halogens is 1. The molecular formula is C14H20ClNO2. The molecular weight excluding hydrogens is 250 g/mol. The van der Waals surface area contributed by atoms with Crippen LogP contribution in [0.5, 0.6) is 5.75 Å². The zero-order valence-corrected chi connectivity index (χ0v) is 11.7. The highest BCUT2D eigenvalue weighted by molar-refractivity contribution is 6.03. The van der Waals surface area contributed by atoms with E-state index in [1.54, 1.807) is 7.11 Å². The molecule has 0 spiro atoms. The minimum absolute atomic E-state index is 0. The second-order valence-electron chi connectivity index (χ2n) is 4.60. The number of nitrogens with one attached hydrogen (secondary N) is 1. The van der Waals surface area contributed by atoms with Gasteiger partial charge in [-0.25, -0.2) is 0 Å². The first kappa shape index (κ1) is 15.0. The fourth-order valence-electron chi connectivity index (χ4n) is 2.59. The fraction of sp³-hybridized carbons (Fsp3) is 0.500. The van der Waals surface area contributed by atoms with Crippen LogP contribution in [0.15, 0.2) is 24.3 Å². The van der Waals surface area contributed by atoms with Crippen molar-refractivity contribution >= 4 is 18.2 Å². The van der Waals surface area contributed by atoms with Crippen LogP contribution in [0.2, 0.25) is 0 Å². The van der Waals surface area contributed by atoms with Crippen LogP contribution in [-0.2, 0) is 0 Å². The van der Waals surface area contributed by atoms with Crippen molar-refractivity contribution in [3.05, 3.63) is 29.8 Å². The molecule has 0 atom stereocenters.